The number of ketones is 1. The number of Topliss-reactive ketones (excluding diaryl/α,β-unsaturated/α-hetero) is 1. The first-order valence-corrected chi connectivity index (χ1v) is 5.95. The summed E-state index contributed by atoms with van der Waals surface area (Å²) >= 11 is 11.7. The van der Waals surface area contributed by atoms with Crippen LogP contribution in [0.25, 0.3) is 0 Å². The fourth-order valence-electron chi connectivity index (χ4n) is 1.26. The summed E-state index contributed by atoms with van der Waals surface area (Å²) in [6.45, 7) is 1.35. The molecule has 0 radical (unpaired) electrons. The number of halogens is 2. The fourth-order valence-corrected chi connectivity index (χ4v) is 1.65. The quantitative estimate of drug-likeness (QED) is 0.567. The van der Waals surface area contributed by atoms with E-state index in [0.717, 1.165) is 0 Å². The lowest BCUT2D eigenvalue weighted by atomic mass is 10.1. The van der Waals surface area contributed by atoms with Gasteiger partial charge < -0.3 is 9.47 Å². The van der Waals surface area contributed by atoms with Crippen molar-refractivity contribution in [2.75, 3.05) is 26.9 Å². The molecule has 0 saturated carbocycles. The highest BCUT2D eigenvalue weighted by atomic mass is 35.5. The second kappa shape index (κ2) is 7.67. The van der Waals surface area contributed by atoms with Crippen LogP contribution in [-0.4, -0.2) is 32.7 Å². The van der Waals surface area contributed by atoms with Crippen LogP contribution in [0.4, 0.5) is 0 Å². The molecule has 0 aliphatic heterocycles. The Kier molecular flexibility index (Phi) is 6.52. The largest absolute Gasteiger partial charge is 0.382 e. The predicted octanol–water partition coefficient (Wildman–Crippen LogP) is 3.23. The van der Waals surface area contributed by atoms with Crippen molar-refractivity contribution in [1.29, 1.82) is 0 Å². The Bertz CT molecular complexity index is 380. The van der Waals surface area contributed by atoms with Crippen LogP contribution in [0.1, 0.15) is 16.8 Å². The predicted molar refractivity (Wildman–Crippen MR) is 68.1 cm³/mol. The van der Waals surface area contributed by atoms with Gasteiger partial charge >= 0.3 is 0 Å². The molecule has 0 heterocycles. The number of carbonyl (C=O) groups excluding carboxylic acids is 1. The van der Waals surface area contributed by atoms with Crippen LogP contribution < -0.4 is 0 Å². The molecule has 0 aliphatic carbocycles. The van der Waals surface area contributed by atoms with Crippen molar-refractivity contribution < 1.29 is 14.3 Å². The van der Waals surface area contributed by atoms with Crippen LogP contribution in [0, 0.1) is 0 Å². The molecule has 0 fully saturated rings. The van der Waals surface area contributed by atoms with Gasteiger partial charge in [-0.1, -0.05) is 23.2 Å². The third-order valence-electron chi connectivity index (χ3n) is 2.13. The number of ether oxygens (including phenoxy) is 2. The molecular weight excluding hydrogens is 263 g/mol. The van der Waals surface area contributed by atoms with Crippen molar-refractivity contribution in [3.63, 3.8) is 0 Å². The minimum atomic E-state index is -0.0742. The van der Waals surface area contributed by atoms with E-state index in [1.807, 2.05) is 0 Å². The molecule has 0 aliphatic rings. The molecule has 0 N–H and O–H groups in total. The molecule has 0 spiro atoms. The van der Waals surface area contributed by atoms with Crippen molar-refractivity contribution in [3.8, 4) is 0 Å². The van der Waals surface area contributed by atoms with Crippen LogP contribution in [0.5, 0.6) is 0 Å². The Labute approximate surface area is 111 Å². The van der Waals surface area contributed by atoms with Crippen LogP contribution in [0.3, 0.4) is 0 Å². The molecule has 0 bridgehead atoms. The molecule has 0 amide bonds. The van der Waals surface area contributed by atoms with Crippen LogP contribution >= 0.6 is 23.2 Å². The van der Waals surface area contributed by atoms with Crippen molar-refractivity contribution in [2.24, 2.45) is 0 Å². The normalized spacial score (nSPS) is 10.5. The second-order valence-electron chi connectivity index (χ2n) is 3.40. The summed E-state index contributed by atoms with van der Waals surface area (Å²) in [6.07, 6.45) is 0.282. The van der Waals surface area contributed by atoms with Crippen molar-refractivity contribution in [1.82, 2.24) is 0 Å². The average molecular weight is 277 g/mol. The highest BCUT2D eigenvalue weighted by Crippen LogP contribution is 2.21. The van der Waals surface area contributed by atoms with E-state index in [0.29, 0.717) is 35.4 Å². The fraction of sp³-hybridized carbons (Fsp3) is 0.417. The van der Waals surface area contributed by atoms with Gasteiger partial charge in [-0.25, -0.2) is 0 Å². The molecule has 3 nitrogen and oxygen atoms in total. The highest BCUT2D eigenvalue weighted by Gasteiger charge is 2.10. The summed E-state index contributed by atoms with van der Waals surface area (Å²) in [4.78, 5) is 11.8. The first kappa shape index (κ1) is 14.5. The third-order valence-corrected chi connectivity index (χ3v) is 2.70. The average Bonchev–Trinajstić information content (AvgIpc) is 2.32. The SMILES string of the molecule is COCCOCCC(=O)c1cc(Cl)ccc1Cl. The van der Waals surface area contributed by atoms with Gasteiger partial charge in [0.1, 0.15) is 0 Å². The van der Waals surface area contributed by atoms with E-state index >= 15 is 0 Å². The smallest absolute Gasteiger partial charge is 0.166 e. The van der Waals surface area contributed by atoms with Gasteiger partial charge in [0.25, 0.3) is 0 Å². The summed E-state index contributed by atoms with van der Waals surface area (Å²) in [7, 11) is 1.60. The van der Waals surface area contributed by atoms with Gasteiger partial charge in [0, 0.05) is 24.1 Å². The van der Waals surface area contributed by atoms with E-state index in [9.17, 15) is 4.79 Å². The third kappa shape index (κ3) is 5.04. The van der Waals surface area contributed by atoms with Gasteiger partial charge in [0.2, 0.25) is 0 Å². The Hall–Kier alpha value is -0.610. The van der Waals surface area contributed by atoms with Gasteiger partial charge in [-0.15, -0.1) is 0 Å². The first-order chi connectivity index (χ1) is 8.15. The van der Waals surface area contributed by atoms with Gasteiger partial charge in [0.15, 0.2) is 5.78 Å². The molecule has 5 heteroatoms. The van der Waals surface area contributed by atoms with E-state index in [1.165, 1.54) is 0 Å². The molecule has 0 atom stereocenters. The zero-order valence-corrected chi connectivity index (χ0v) is 11.1. The number of hydrogen-bond donors (Lipinski definition) is 0. The molecule has 17 heavy (non-hydrogen) atoms. The molecular formula is C12H14Cl2O3. The van der Waals surface area contributed by atoms with Gasteiger partial charge in [-0.05, 0) is 18.2 Å². The first-order valence-electron chi connectivity index (χ1n) is 5.20. The summed E-state index contributed by atoms with van der Waals surface area (Å²) < 4.78 is 10.0. The lowest BCUT2D eigenvalue weighted by molar-refractivity contribution is 0.0641. The standard InChI is InChI=1S/C12H14Cl2O3/c1-16-6-7-17-5-4-12(15)10-8-9(13)2-3-11(10)14/h2-3,8H,4-7H2,1H3. The Morgan fingerprint density at radius 2 is 2.00 bits per heavy atom. The molecule has 1 aromatic rings. The zero-order chi connectivity index (χ0) is 12.7. The number of benzene rings is 1. The van der Waals surface area contributed by atoms with Crippen molar-refractivity contribution >= 4 is 29.0 Å². The second-order valence-corrected chi connectivity index (χ2v) is 4.25. The number of carbonyl (C=O) groups is 1. The maximum Gasteiger partial charge on any atom is 0.166 e. The topological polar surface area (TPSA) is 35.5 Å². The summed E-state index contributed by atoms with van der Waals surface area (Å²) in [5, 5.41) is 0.911. The number of hydrogen-bond acceptors (Lipinski definition) is 3. The van der Waals surface area contributed by atoms with Crippen molar-refractivity contribution in [3.05, 3.63) is 33.8 Å². The Balaban J connectivity index is 2.44. The summed E-state index contributed by atoms with van der Waals surface area (Å²) in [6, 6.07) is 4.83. The number of rotatable bonds is 7. The van der Waals surface area contributed by atoms with Crippen molar-refractivity contribution in [2.45, 2.75) is 6.42 Å². The van der Waals surface area contributed by atoms with Crippen LogP contribution in [0.2, 0.25) is 10.0 Å². The van der Waals surface area contributed by atoms with Gasteiger partial charge in [-0.3, -0.25) is 4.79 Å². The van der Waals surface area contributed by atoms with Gasteiger partial charge in [0.05, 0.1) is 24.8 Å². The minimum absolute atomic E-state index is 0.0742. The van der Waals surface area contributed by atoms with Gasteiger partial charge in [-0.2, -0.15) is 0 Å². The van der Waals surface area contributed by atoms with E-state index < -0.39 is 0 Å². The van der Waals surface area contributed by atoms with E-state index in [1.54, 1.807) is 25.3 Å². The summed E-state index contributed by atoms with van der Waals surface area (Å²) in [5.41, 5.74) is 0.439. The molecule has 0 saturated heterocycles. The zero-order valence-electron chi connectivity index (χ0n) is 9.54. The molecule has 0 unspecified atom stereocenters. The lowest BCUT2D eigenvalue weighted by Gasteiger charge is -2.05. The number of methoxy groups -OCH3 is 1. The Morgan fingerprint density at radius 1 is 1.24 bits per heavy atom. The molecule has 0 aromatic heterocycles. The van der Waals surface area contributed by atoms with E-state index in [2.05, 4.69) is 0 Å². The molecule has 94 valence electrons. The van der Waals surface area contributed by atoms with Crippen LogP contribution in [-0.2, 0) is 9.47 Å². The van der Waals surface area contributed by atoms with E-state index in [-0.39, 0.29) is 12.2 Å². The molecule has 1 rings (SSSR count). The van der Waals surface area contributed by atoms with Crippen LogP contribution in [0.15, 0.2) is 18.2 Å². The maximum atomic E-state index is 11.8. The summed E-state index contributed by atoms with van der Waals surface area (Å²) in [5.74, 6) is -0.0742. The Morgan fingerprint density at radius 3 is 2.71 bits per heavy atom. The minimum Gasteiger partial charge on any atom is -0.382 e. The highest BCUT2D eigenvalue weighted by molar-refractivity contribution is 6.35. The lowest BCUT2D eigenvalue weighted by Crippen LogP contribution is -2.08. The monoisotopic (exact) mass is 276 g/mol. The van der Waals surface area contributed by atoms with E-state index in [4.69, 9.17) is 32.7 Å². The maximum absolute atomic E-state index is 11.8. The molecule has 1 aromatic carbocycles.